The van der Waals surface area contributed by atoms with Crippen molar-refractivity contribution < 1.29 is 15.3 Å². The van der Waals surface area contributed by atoms with Crippen LogP contribution in [0.2, 0.25) is 5.15 Å². The number of benzene rings is 1. The molecule has 1 aliphatic rings. The molecule has 0 aliphatic heterocycles. The summed E-state index contributed by atoms with van der Waals surface area (Å²) in [5, 5.41) is 37.4. The van der Waals surface area contributed by atoms with Crippen molar-refractivity contribution in [1.82, 2.24) is 15.0 Å². The Balaban J connectivity index is 1.75. The lowest BCUT2D eigenvalue weighted by Crippen LogP contribution is -2.35. The number of aliphatic hydroxyl groups is 3. The normalized spacial score (nSPS) is 23.8. The molecule has 1 aliphatic carbocycles. The van der Waals surface area contributed by atoms with Gasteiger partial charge in [-0.3, -0.25) is 0 Å². The summed E-state index contributed by atoms with van der Waals surface area (Å²) >= 11 is 8.04. The largest absolute Gasteiger partial charge is 0.396 e. The lowest BCUT2D eigenvalue weighted by atomic mass is 10.1. The molecule has 0 unspecified atom stereocenters. The van der Waals surface area contributed by atoms with E-state index in [1.165, 1.54) is 11.3 Å². The van der Waals surface area contributed by atoms with E-state index < -0.39 is 24.2 Å². The summed E-state index contributed by atoms with van der Waals surface area (Å²) in [6, 6.07) is 7.29. The van der Waals surface area contributed by atoms with E-state index in [9.17, 15) is 15.3 Å². The molecule has 30 heavy (non-hydrogen) atoms. The Labute approximate surface area is 183 Å². The van der Waals surface area contributed by atoms with Crippen LogP contribution in [0.5, 0.6) is 0 Å². The molecule has 0 spiro atoms. The van der Waals surface area contributed by atoms with Gasteiger partial charge in [0, 0.05) is 19.1 Å². The second kappa shape index (κ2) is 8.99. The highest BCUT2D eigenvalue weighted by Gasteiger charge is 2.41. The van der Waals surface area contributed by atoms with E-state index in [-0.39, 0.29) is 11.8 Å². The summed E-state index contributed by atoms with van der Waals surface area (Å²) in [7, 11) is 0. The summed E-state index contributed by atoms with van der Waals surface area (Å²) < 4.78 is 1.01. The van der Waals surface area contributed by atoms with Gasteiger partial charge in [-0.1, -0.05) is 30.7 Å². The topological polar surface area (TPSA) is 123 Å². The predicted molar refractivity (Wildman–Crippen MR) is 119 cm³/mol. The standard InChI is InChI=1S/C20H24ClN5O3S/c1-2-7-22-20-25-17(21)14(19-24-11-5-3-4-6-13(11)30-19)18(26-20)23-12-8-10(9-27)15(28)16(12)29/h3-6,10,12,15-16,27-29H,2,7-9H2,1H3,(H2,22,23,25,26)/t10-,12-,15-,16+/m1/s1. The van der Waals surface area contributed by atoms with Crippen LogP contribution in [0.4, 0.5) is 11.8 Å². The monoisotopic (exact) mass is 449 g/mol. The van der Waals surface area contributed by atoms with Gasteiger partial charge in [-0.25, -0.2) is 9.97 Å². The lowest BCUT2D eigenvalue weighted by Gasteiger charge is -2.21. The Kier molecular flexibility index (Phi) is 6.35. The fourth-order valence-electron chi connectivity index (χ4n) is 3.65. The smallest absolute Gasteiger partial charge is 0.226 e. The van der Waals surface area contributed by atoms with E-state index in [2.05, 4.69) is 25.6 Å². The van der Waals surface area contributed by atoms with Gasteiger partial charge in [-0.2, -0.15) is 4.98 Å². The second-order valence-corrected chi connectivity index (χ2v) is 8.77. The predicted octanol–water partition coefficient (Wildman–Crippen LogP) is 2.74. The van der Waals surface area contributed by atoms with E-state index in [1.807, 2.05) is 31.2 Å². The third-order valence-corrected chi connectivity index (χ3v) is 6.59. The number of aliphatic hydroxyl groups excluding tert-OH is 3. The van der Waals surface area contributed by atoms with E-state index in [0.29, 0.717) is 35.3 Å². The zero-order valence-electron chi connectivity index (χ0n) is 16.4. The van der Waals surface area contributed by atoms with Crippen molar-refractivity contribution in [3.05, 3.63) is 29.4 Å². The van der Waals surface area contributed by atoms with Gasteiger partial charge in [0.2, 0.25) is 5.95 Å². The van der Waals surface area contributed by atoms with E-state index >= 15 is 0 Å². The summed E-state index contributed by atoms with van der Waals surface area (Å²) in [6.45, 7) is 2.52. The molecule has 1 fully saturated rings. The zero-order valence-corrected chi connectivity index (χ0v) is 18.0. The van der Waals surface area contributed by atoms with Crippen LogP contribution >= 0.6 is 22.9 Å². The van der Waals surface area contributed by atoms with Crippen LogP contribution in [0.1, 0.15) is 19.8 Å². The van der Waals surface area contributed by atoms with Crippen LogP contribution in [0, 0.1) is 5.92 Å². The van der Waals surface area contributed by atoms with Crippen LogP contribution < -0.4 is 10.6 Å². The SMILES string of the molecule is CCCNc1nc(Cl)c(-c2nc3ccccc3s2)c(N[C@@H]2C[C@H](CO)[C@@H](O)[C@H]2O)n1. The van der Waals surface area contributed by atoms with Gasteiger partial charge in [-0.15, -0.1) is 11.3 Å². The number of hydrogen-bond acceptors (Lipinski definition) is 9. The first kappa shape index (κ1) is 21.2. The molecule has 4 atom stereocenters. The average molecular weight is 450 g/mol. The molecular weight excluding hydrogens is 426 g/mol. The number of fused-ring (bicyclic) bond motifs is 1. The second-order valence-electron chi connectivity index (χ2n) is 7.39. The summed E-state index contributed by atoms with van der Waals surface area (Å²) in [6.07, 6.45) is -0.744. The highest BCUT2D eigenvalue weighted by Crippen LogP contribution is 2.39. The molecule has 0 bridgehead atoms. The fraction of sp³-hybridized carbons (Fsp3) is 0.450. The Morgan fingerprint density at radius 3 is 2.67 bits per heavy atom. The highest BCUT2D eigenvalue weighted by molar-refractivity contribution is 7.21. The van der Waals surface area contributed by atoms with Gasteiger partial charge in [0.15, 0.2) is 0 Å². The molecular formula is C20H24ClN5O3S. The number of nitrogens with one attached hydrogen (secondary N) is 2. The van der Waals surface area contributed by atoms with Crippen molar-refractivity contribution in [3.63, 3.8) is 0 Å². The number of para-hydroxylation sites is 1. The molecule has 4 rings (SSSR count). The molecule has 3 aromatic rings. The Morgan fingerprint density at radius 1 is 1.17 bits per heavy atom. The minimum absolute atomic E-state index is 0.199. The summed E-state index contributed by atoms with van der Waals surface area (Å²) in [4.78, 5) is 13.6. The molecule has 5 N–H and O–H groups in total. The molecule has 160 valence electrons. The van der Waals surface area contributed by atoms with Gasteiger partial charge >= 0.3 is 0 Å². The van der Waals surface area contributed by atoms with Gasteiger partial charge in [0.05, 0.1) is 27.9 Å². The lowest BCUT2D eigenvalue weighted by molar-refractivity contribution is 0.00446. The van der Waals surface area contributed by atoms with Crippen LogP contribution in [0.25, 0.3) is 20.8 Å². The number of rotatable bonds is 7. The first-order valence-electron chi connectivity index (χ1n) is 9.92. The van der Waals surface area contributed by atoms with Crippen LogP contribution in [0.15, 0.2) is 24.3 Å². The van der Waals surface area contributed by atoms with Gasteiger partial charge < -0.3 is 26.0 Å². The van der Waals surface area contributed by atoms with Crippen molar-refractivity contribution >= 4 is 44.9 Å². The minimum atomic E-state index is -1.04. The Bertz CT molecular complexity index is 1000. The van der Waals surface area contributed by atoms with Gasteiger partial charge in [0.1, 0.15) is 22.1 Å². The number of halogens is 1. The van der Waals surface area contributed by atoms with E-state index in [0.717, 1.165) is 16.6 Å². The Morgan fingerprint density at radius 2 is 1.97 bits per heavy atom. The first-order chi connectivity index (χ1) is 14.5. The maximum Gasteiger partial charge on any atom is 0.226 e. The molecule has 1 saturated carbocycles. The average Bonchev–Trinajstić information content (AvgIpc) is 3.28. The number of thiazole rings is 1. The van der Waals surface area contributed by atoms with Crippen molar-refractivity contribution in [1.29, 1.82) is 0 Å². The van der Waals surface area contributed by atoms with Crippen molar-refractivity contribution in [3.8, 4) is 10.6 Å². The molecule has 0 amide bonds. The van der Waals surface area contributed by atoms with Crippen LogP contribution in [-0.2, 0) is 0 Å². The summed E-state index contributed by atoms with van der Waals surface area (Å²) in [5.41, 5.74) is 1.40. The third-order valence-electron chi connectivity index (χ3n) is 5.26. The fourth-order valence-corrected chi connectivity index (χ4v) is 4.97. The highest BCUT2D eigenvalue weighted by atomic mass is 35.5. The van der Waals surface area contributed by atoms with Crippen LogP contribution in [0.3, 0.4) is 0 Å². The van der Waals surface area contributed by atoms with Crippen molar-refractivity contribution in [2.45, 2.75) is 38.0 Å². The molecule has 8 nitrogen and oxygen atoms in total. The summed E-state index contributed by atoms with van der Waals surface area (Å²) in [5.74, 6) is 0.404. The number of hydrogen-bond donors (Lipinski definition) is 5. The maximum atomic E-state index is 10.4. The molecule has 0 radical (unpaired) electrons. The van der Waals surface area contributed by atoms with Crippen LogP contribution in [-0.4, -0.2) is 61.7 Å². The zero-order chi connectivity index (χ0) is 21.3. The number of anilines is 2. The molecule has 10 heteroatoms. The van der Waals surface area contributed by atoms with Crippen molar-refractivity contribution in [2.75, 3.05) is 23.8 Å². The van der Waals surface area contributed by atoms with Crippen molar-refractivity contribution in [2.24, 2.45) is 5.92 Å². The Hall–Kier alpha value is -2.04. The van der Waals surface area contributed by atoms with E-state index in [4.69, 9.17) is 11.6 Å². The minimum Gasteiger partial charge on any atom is -0.396 e. The van der Waals surface area contributed by atoms with Gasteiger partial charge in [-0.05, 0) is 25.0 Å². The molecule has 2 heterocycles. The van der Waals surface area contributed by atoms with Gasteiger partial charge in [0.25, 0.3) is 0 Å². The molecule has 0 saturated heterocycles. The van der Waals surface area contributed by atoms with E-state index in [1.54, 1.807) is 0 Å². The molecule has 1 aromatic carbocycles. The maximum absolute atomic E-state index is 10.4. The third kappa shape index (κ3) is 4.08. The number of nitrogens with zero attached hydrogens (tertiary/aromatic N) is 3. The first-order valence-corrected chi connectivity index (χ1v) is 11.1. The number of aromatic nitrogens is 3. The molecule has 2 aromatic heterocycles. The quantitative estimate of drug-likeness (QED) is 0.349.